The summed E-state index contributed by atoms with van der Waals surface area (Å²) in [6.07, 6.45) is 8.41. The molecule has 4 heteroatoms. The van der Waals surface area contributed by atoms with Gasteiger partial charge in [-0.15, -0.1) is 0 Å². The third-order valence-corrected chi connectivity index (χ3v) is 7.05. The molecule has 3 saturated heterocycles. The molecule has 3 aliphatic heterocycles. The van der Waals surface area contributed by atoms with Gasteiger partial charge in [-0.1, -0.05) is 42.0 Å². The number of allylic oxidation sites excluding steroid dienone is 2. The van der Waals surface area contributed by atoms with Crippen LogP contribution in [0.3, 0.4) is 0 Å². The van der Waals surface area contributed by atoms with Crippen molar-refractivity contribution in [3.63, 3.8) is 0 Å². The highest BCUT2D eigenvalue weighted by molar-refractivity contribution is 5.79. The molecule has 0 radical (unpaired) electrons. The average Bonchev–Trinajstić information content (AvgIpc) is 2.71. The van der Waals surface area contributed by atoms with Crippen LogP contribution >= 0.6 is 0 Å². The minimum absolute atomic E-state index is 0.222. The van der Waals surface area contributed by atoms with Crippen LogP contribution < -0.4 is 0 Å². The van der Waals surface area contributed by atoms with Gasteiger partial charge < -0.3 is 9.80 Å². The molecular weight excluding hydrogens is 360 g/mol. The fourth-order valence-electron chi connectivity index (χ4n) is 5.74. The molecule has 3 fully saturated rings. The molecule has 0 aliphatic carbocycles. The van der Waals surface area contributed by atoms with E-state index in [1.165, 1.54) is 11.1 Å². The minimum Gasteiger partial charge on any atom is -0.342 e. The first-order valence-electron chi connectivity index (χ1n) is 11.3. The first-order valence-corrected chi connectivity index (χ1v) is 11.3. The lowest BCUT2D eigenvalue weighted by Gasteiger charge is -2.56. The quantitative estimate of drug-likeness (QED) is 0.702. The Labute approximate surface area is 175 Å². The highest BCUT2D eigenvalue weighted by atomic mass is 16.2. The predicted octanol–water partition coefficient (Wildman–Crippen LogP) is 4.20. The molecule has 3 heterocycles. The number of carbonyl (C=O) groups excluding carboxylic acids is 2. The minimum atomic E-state index is 0.222. The van der Waals surface area contributed by atoms with Crippen molar-refractivity contribution in [3.05, 3.63) is 47.5 Å². The van der Waals surface area contributed by atoms with Crippen LogP contribution in [-0.2, 0) is 16.0 Å². The lowest BCUT2D eigenvalue weighted by Crippen LogP contribution is -2.66. The molecule has 0 spiro atoms. The normalized spacial score (nSPS) is 28.7. The van der Waals surface area contributed by atoms with Gasteiger partial charge in [0.15, 0.2) is 0 Å². The van der Waals surface area contributed by atoms with Crippen molar-refractivity contribution in [2.24, 2.45) is 11.8 Å². The van der Waals surface area contributed by atoms with Crippen molar-refractivity contribution in [2.45, 2.75) is 70.9 Å². The molecule has 3 aliphatic rings. The largest absolute Gasteiger partial charge is 0.342 e. The van der Waals surface area contributed by atoms with E-state index in [0.717, 1.165) is 45.2 Å². The third kappa shape index (κ3) is 4.41. The molecule has 2 amide bonds. The summed E-state index contributed by atoms with van der Waals surface area (Å²) in [5.41, 5.74) is 2.56. The second-order valence-electron chi connectivity index (χ2n) is 9.39. The number of amides is 2. The van der Waals surface area contributed by atoms with Crippen molar-refractivity contribution in [3.8, 4) is 0 Å². The van der Waals surface area contributed by atoms with Gasteiger partial charge in [-0.2, -0.15) is 0 Å². The summed E-state index contributed by atoms with van der Waals surface area (Å²) in [6.45, 7) is 5.80. The zero-order valence-electron chi connectivity index (χ0n) is 17.8. The van der Waals surface area contributed by atoms with Crippen LogP contribution in [-0.4, -0.2) is 46.8 Å². The Bertz CT molecular complexity index is 768. The Hall–Kier alpha value is -2.10. The second kappa shape index (κ2) is 8.73. The lowest BCUT2D eigenvalue weighted by molar-refractivity contribution is -0.156. The summed E-state index contributed by atoms with van der Waals surface area (Å²) in [4.78, 5) is 30.2. The molecule has 1 aromatic rings. The summed E-state index contributed by atoms with van der Waals surface area (Å²) < 4.78 is 0. The topological polar surface area (TPSA) is 40.6 Å². The molecule has 0 saturated carbocycles. The Kier molecular flexibility index (Phi) is 6.07. The van der Waals surface area contributed by atoms with Gasteiger partial charge in [0, 0.05) is 38.0 Å². The van der Waals surface area contributed by atoms with Crippen molar-refractivity contribution in [2.75, 3.05) is 13.1 Å². The van der Waals surface area contributed by atoms with Gasteiger partial charge in [0.05, 0.1) is 0 Å². The van der Waals surface area contributed by atoms with E-state index in [1.807, 2.05) is 6.07 Å². The van der Waals surface area contributed by atoms with Crippen molar-refractivity contribution < 1.29 is 9.59 Å². The van der Waals surface area contributed by atoms with Crippen LogP contribution in [0.4, 0.5) is 0 Å². The molecule has 156 valence electrons. The van der Waals surface area contributed by atoms with Crippen LogP contribution in [0.25, 0.3) is 0 Å². The molecule has 4 rings (SSSR count). The van der Waals surface area contributed by atoms with Gasteiger partial charge >= 0.3 is 0 Å². The number of nitrogens with zero attached hydrogens (tertiary/aromatic N) is 2. The van der Waals surface area contributed by atoms with Gasteiger partial charge in [-0.05, 0) is 63.4 Å². The number of piperidine rings is 3. The molecule has 4 nitrogen and oxygen atoms in total. The summed E-state index contributed by atoms with van der Waals surface area (Å²) in [7, 11) is 0. The second-order valence-corrected chi connectivity index (χ2v) is 9.39. The Morgan fingerprint density at radius 1 is 1.14 bits per heavy atom. The monoisotopic (exact) mass is 394 g/mol. The van der Waals surface area contributed by atoms with E-state index in [1.54, 1.807) is 0 Å². The summed E-state index contributed by atoms with van der Waals surface area (Å²) >= 11 is 0. The highest BCUT2D eigenvalue weighted by Gasteiger charge is 2.49. The smallest absolute Gasteiger partial charge is 0.223 e. The Morgan fingerprint density at radius 3 is 2.66 bits per heavy atom. The van der Waals surface area contributed by atoms with Gasteiger partial charge in [0.25, 0.3) is 0 Å². The number of fused-ring (bicyclic) bond motifs is 4. The fraction of sp³-hybridized carbons (Fsp3) is 0.600. The molecule has 0 N–H and O–H groups in total. The van der Waals surface area contributed by atoms with E-state index >= 15 is 0 Å². The maximum absolute atomic E-state index is 12.9. The summed E-state index contributed by atoms with van der Waals surface area (Å²) in [5, 5.41) is 0. The van der Waals surface area contributed by atoms with E-state index in [-0.39, 0.29) is 11.9 Å². The maximum Gasteiger partial charge on any atom is 0.223 e. The number of benzene rings is 1. The highest BCUT2D eigenvalue weighted by Crippen LogP contribution is 2.42. The number of rotatable bonds is 5. The van der Waals surface area contributed by atoms with Crippen molar-refractivity contribution in [1.82, 2.24) is 9.80 Å². The van der Waals surface area contributed by atoms with E-state index in [2.05, 4.69) is 54.0 Å². The predicted molar refractivity (Wildman–Crippen MR) is 115 cm³/mol. The molecule has 0 unspecified atom stereocenters. The van der Waals surface area contributed by atoms with Crippen molar-refractivity contribution >= 4 is 11.8 Å². The summed E-state index contributed by atoms with van der Waals surface area (Å²) in [6, 6.07) is 11.1. The SMILES string of the molecule is CC(C)=CCCC(=O)N1C[C@H]2C[C@@H](C1)[C@H](Cc1ccccc1)N1C(=O)CCC[C@@H]21. The Balaban J connectivity index is 1.53. The lowest BCUT2D eigenvalue weighted by atomic mass is 9.70. The standard InChI is InChI=1S/C25H34N2O2/c1-18(2)8-6-12-24(28)26-16-20-15-21(17-26)23(14-19-9-4-3-5-10-19)27-22(20)11-7-13-25(27)29/h3-5,8-10,20-23H,6-7,11-17H2,1-2H3/t20-,21+,22+,23+/m1/s1. The molecular formula is C25H34N2O2. The molecule has 29 heavy (non-hydrogen) atoms. The molecule has 1 aromatic carbocycles. The van der Waals surface area contributed by atoms with Crippen LogP contribution in [0.5, 0.6) is 0 Å². The maximum atomic E-state index is 12.9. The Morgan fingerprint density at radius 2 is 1.90 bits per heavy atom. The number of carbonyl (C=O) groups is 2. The van der Waals surface area contributed by atoms with E-state index < -0.39 is 0 Å². The van der Waals surface area contributed by atoms with Gasteiger partial charge in [-0.25, -0.2) is 0 Å². The molecule has 0 aromatic heterocycles. The van der Waals surface area contributed by atoms with Gasteiger partial charge in [0.1, 0.15) is 0 Å². The van der Waals surface area contributed by atoms with Gasteiger partial charge in [0.2, 0.25) is 11.8 Å². The zero-order chi connectivity index (χ0) is 20.4. The van der Waals surface area contributed by atoms with Crippen LogP contribution in [0.15, 0.2) is 42.0 Å². The van der Waals surface area contributed by atoms with Gasteiger partial charge in [-0.3, -0.25) is 9.59 Å². The molecule has 2 bridgehead atoms. The first kappa shape index (κ1) is 20.2. The number of likely N-dealkylation sites (tertiary alicyclic amines) is 1. The number of hydrogen-bond donors (Lipinski definition) is 0. The van der Waals surface area contributed by atoms with Crippen LogP contribution in [0.1, 0.15) is 57.9 Å². The van der Waals surface area contributed by atoms with Crippen LogP contribution in [0.2, 0.25) is 0 Å². The number of hydrogen-bond acceptors (Lipinski definition) is 2. The zero-order valence-corrected chi connectivity index (χ0v) is 17.8. The van der Waals surface area contributed by atoms with Crippen LogP contribution in [0, 0.1) is 11.8 Å². The average molecular weight is 395 g/mol. The van der Waals surface area contributed by atoms with Crippen molar-refractivity contribution in [1.29, 1.82) is 0 Å². The summed E-state index contributed by atoms with van der Waals surface area (Å²) in [5.74, 6) is 1.45. The van der Waals surface area contributed by atoms with E-state index in [4.69, 9.17) is 0 Å². The first-order chi connectivity index (χ1) is 14.0. The molecule has 4 atom stereocenters. The third-order valence-electron chi connectivity index (χ3n) is 7.05. The fourth-order valence-corrected chi connectivity index (χ4v) is 5.74. The van der Waals surface area contributed by atoms with E-state index in [9.17, 15) is 9.59 Å². The van der Waals surface area contributed by atoms with E-state index in [0.29, 0.717) is 36.6 Å².